The van der Waals surface area contributed by atoms with Crippen molar-refractivity contribution >= 4 is 17.6 Å². The van der Waals surface area contributed by atoms with Crippen LogP contribution in [0.4, 0.5) is 5.69 Å². The second kappa shape index (κ2) is 8.32. The van der Waals surface area contributed by atoms with Gasteiger partial charge in [0.05, 0.1) is 11.7 Å². The van der Waals surface area contributed by atoms with Gasteiger partial charge in [0, 0.05) is 12.1 Å². The minimum absolute atomic E-state index is 0.0454. The molecule has 5 heteroatoms. The predicted molar refractivity (Wildman–Crippen MR) is 78.5 cm³/mol. The van der Waals surface area contributed by atoms with Gasteiger partial charge in [0.25, 0.3) is 0 Å². The summed E-state index contributed by atoms with van der Waals surface area (Å²) in [5.41, 5.74) is 6.51. The van der Waals surface area contributed by atoms with Crippen molar-refractivity contribution in [2.45, 2.75) is 39.2 Å². The van der Waals surface area contributed by atoms with Crippen LogP contribution in [0.15, 0.2) is 24.3 Å². The highest BCUT2D eigenvalue weighted by Gasteiger charge is 2.09. The third kappa shape index (κ3) is 5.84. The quantitative estimate of drug-likeness (QED) is 0.592. The lowest BCUT2D eigenvalue weighted by Gasteiger charge is -2.09. The Bertz CT molecular complexity index is 441. The number of hydrogen-bond donors (Lipinski definition) is 2. The number of esters is 1. The average molecular weight is 278 g/mol. The number of nitrogens with two attached hydrogens (primary N) is 1. The number of hydrogen-bond acceptors (Lipinski definition) is 4. The molecule has 0 radical (unpaired) electrons. The van der Waals surface area contributed by atoms with Gasteiger partial charge in [0.2, 0.25) is 5.91 Å². The molecule has 20 heavy (non-hydrogen) atoms. The summed E-state index contributed by atoms with van der Waals surface area (Å²) in [6.07, 6.45) is 1.92. The van der Waals surface area contributed by atoms with Crippen LogP contribution >= 0.6 is 0 Å². The highest BCUT2D eigenvalue weighted by Crippen LogP contribution is 2.12. The summed E-state index contributed by atoms with van der Waals surface area (Å²) in [6.45, 7) is 4.20. The first-order valence-corrected chi connectivity index (χ1v) is 6.84. The van der Waals surface area contributed by atoms with Gasteiger partial charge < -0.3 is 15.8 Å². The topological polar surface area (TPSA) is 81.4 Å². The van der Waals surface area contributed by atoms with Gasteiger partial charge in [0.15, 0.2) is 0 Å². The number of benzene rings is 1. The Balaban J connectivity index is 2.50. The first kappa shape index (κ1) is 16.2. The zero-order valence-electron chi connectivity index (χ0n) is 12.0. The first-order chi connectivity index (χ1) is 9.52. The van der Waals surface area contributed by atoms with Gasteiger partial charge in [-0.15, -0.1) is 0 Å². The molecular formula is C15H22N2O3. The van der Waals surface area contributed by atoms with Crippen molar-refractivity contribution in [1.29, 1.82) is 0 Å². The van der Waals surface area contributed by atoms with Crippen molar-refractivity contribution in [3.63, 3.8) is 0 Å². The molecule has 0 aliphatic carbocycles. The van der Waals surface area contributed by atoms with Gasteiger partial charge in [-0.2, -0.15) is 0 Å². The normalized spacial score (nSPS) is 10.4. The van der Waals surface area contributed by atoms with E-state index >= 15 is 0 Å². The van der Waals surface area contributed by atoms with E-state index in [9.17, 15) is 9.59 Å². The van der Waals surface area contributed by atoms with Gasteiger partial charge in [0.1, 0.15) is 0 Å². The van der Waals surface area contributed by atoms with Gasteiger partial charge >= 0.3 is 5.97 Å². The lowest BCUT2D eigenvalue weighted by atomic mass is 10.2. The zero-order chi connectivity index (χ0) is 15.0. The Kier molecular flexibility index (Phi) is 6.73. The van der Waals surface area contributed by atoms with Gasteiger partial charge in [-0.05, 0) is 57.5 Å². The lowest BCUT2D eigenvalue weighted by Crippen LogP contribution is -2.13. The summed E-state index contributed by atoms with van der Waals surface area (Å²) < 4.78 is 5.08. The maximum absolute atomic E-state index is 11.6. The molecule has 1 aromatic carbocycles. The van der Waals surface area contributed by atoms with Crippen LogP contribution in [0, 0.1) is 0 Å². The smallest absolute Gasteiger partial charge is 0.338 e. The largest absolute Gasteiger partial charge is 0.459 e. The predicted octanol–water partition coefficient (Wildman–Crippen LogP) is 2.32. The van der Waals surface area contributed by atoms with Crippen LogP contribution in [0.3, 0.4) is 0 Å². The number of carbonyl (C=O) groups excluding carboxylic acids is 2. The Morgan fingerprint density at radius 2 is 1.85 bits per heavy atom. The molecule has 0 aliphatic rings. The third-order valence-corrected chi connectivity index (χ3v) is 2.61. The molecule has 1 aromatic rings. The molecule has 0 aromatic heterocycles. The van der Waals surface area contributed by atoms with E-state index in [1.807, 2.05) is 0 Å². The summed E-state index contributed by atoms with van der Waals surface area (Å²) in [4.78, 5) is 23.2. The lowest BCUT2D eigenvalue weighted by molar-refractivity contribution is -0.116. The van der Waals surface area contributed by atoms with E-state index in [4.69, 9.17) is 10.5 Å². The molecule has 3 N–H and O–H groups in total. The molecule has 0 spiro atoms. The second-order valence-electron chi connectivity index (χ2n) is 4.83. The summed E-state index contributed by atoms with van der Waals surface area (Å²) in [5.74, 6) is -0.406. The van der Waals surface area contributed by atoms with Crippen LogP contribution in [-0.4, -0.2) is 24.5 Å². The van der Waals surface area contributed by atoms with E-state index in [-0.39, 0.29) is 18.0 Å². The SMILES string of the molecule is CC(C)OC(=O)c1ccc(NC(=O)CCCCN)cc1. The highest BCUT2D eigenvalue weighted by atomic mass is 16.5. The van der Waals surface area contributed by atoms with Crippen LogP contribution in [0.5, 0.6) is 0 Å². The highest BCUT2D eigenvalue weighted by molar-refractivity contribution is 5.93. The summed E-state index contributed by atoms with van der Waals surface area (Å²) in [7, 11) is 0. The minimum atomic E-state index is -0.360. The number of anilines is 1. The maximum atomic E-state index is 11.6. The van der Waals surface area contributed by atoms with Crippen LogP contribution in [0.1, 0.15) is 43.5 Å². The molecule has 0 unspecified atom stereocenters. The van der Waals surface area contributed by atoms with E-state index in [1.165, 1.54) is 0 Å². The Hall–Kier alpha value is -1.88. The Morgan fingerprint density at radius 3 is 2.40 bits per heavy atom. The van der Waals surface area contributed by atoms with E-state index in [0.29, 0.717) is 24.2 Å². The maximum Gasteiger partial charge on any atom is 0.338 e. The molecule has 0 fully saturated rings. The van der Waals surface area contributed by atoms with E-state index in [2.05, 4.69) is 5.32 Å². The second-order valence-corrected chi connectivity index (χ2v) is 4.83. The molecule has 0 bridgehead atoms. The molecule has 1 amide bonds. The zero-order valence-corrected chi connectivity index (χ0v) is 12.0. The van der Waals surface area contributed by atoms with Crippen molar-refractivity contribution in [2.75, 3.05) is 11.9 Å². The van der Waals surface area contributed by atoms with Gasteiger partial charge in [-0.25, -0.2) is 4.79 Å². The number of rotatable bonds is 7. The fourth-order valence-corrected chi connectivity index (χ4v) is 1.63. The van der Waals surface area contributed by atoms with Crippen LogP contribution in [0.2, 0.25) is 0 Å². The number of ether oxygens (including phenoxy) is 1. The average Bonchev–Trinajstić information content (AvgIpc) is 2.39. The third-order valence-electron chi connectivity index (χ3n) is 2.61. The minimum Gasteiger partial charge on any atom is -0.459 e. The van der Waals surface area contributed by atoms with Gasteiger partial charge in [-0.3, -0.25) is 4.79 Å². The summed E-state index contributed by atoms with van der Waals surface area (Å²) in [6, 6.07) is 6.66. The van der Waals surface area contributed by atoms with Crippen molar-refractivity contribution in [2.24, 2.45) is 5.73 Å². The molecule has 0 saturated carbocycles. The Morgan fingerprint density at radius 1 is 1.20 bits per heavy atom. The number of amides is 1. The van der Waals surface area contributed by atoms with Crippen molar-refractivity contribution in [3.8, 4) is 0 Å². The van der Waals surface area contributed by atoms with Crippen LogP contribution in [0.25, 0.3) is 0 Å². The molecule has 0 aliphatic heterocycles. The van der Waals surface area contributed by atoms with E-state index in [1.54, 1.807) is 38.1 Å². The number of unbranched alkanes of at least 4 members (excludes halogenated alkanes) is 1. The van der Waals surface area contributed by atoms with Crippen molar-refractivity contribution in [1.82, 2.24) is 0 Å². The fourth-order valence-electron chi connectivity index (χ4n) is 1.63. The summed E-state index contributed by atoms with van der Waals surface area (Å²) >= 11 is 0. The molecule has 5 nitrogen and oxygen atoms in total. The fraction of sp³-hybridized carbons (Fsp3) is 0.467. The molecule has 0 saturated heterocycles. The van der Waals surface area contributed by atoms with E-state index < -0.39 is 0 Å². The first-order valence-electron chi connectivity index (χ1n) is 6.84. The Labute approximate surface area is 119 Å². The van der Waals surface area contributed by atoms with Crippen molar-refractivity contribution < 1.29 is 14.3 Å². The molecule has 1 rings (SSSR count). The molecule has 0 atom stereocenters. The number of carbonyl (C=O) groups is 2. The van der Waals surface area contributed by atoms with Crippen molar-refractivity contribution in [3.05, 3.63) is 29.8 Å². The van der Waals surface area contributed by atoms with Crippen LogP contribution < -0.4 is 11.1 Å². The monoisotopic (exact) mass is 278 g/mol. The van der Waals surface area contributed by atoms with Gasteiger partial charge in [-0.1, -0.05) is 0 Å². The summed E-state index contributed by atoms with van der Waals surface area (Å²) in [5, 5.41) is 2.78. The molecular weight excluding hydrogens is 256 g/mol. The molecule has 0 heterocycles. The van der Waals surface area contributed by atoms with Crippen LogP contribution in [-0.2, 0) is 9.53 Å². The van der Waals surface area contributed by atoms with E-state index in [0.717, 1.165) is 12.8 Å². The molecule has 110 valence electrons. The number of nitrogens with one attached hydrogen (secondary N) is 1. The standard InChI is InChI=1S/C15H22N2O3/c1-11(2)20-15(19)12-6-8-13(9-7-12)17-14(18)5-3-4-10-16/h6-9,11H,3-5,10,16H2,1-2H3,(H,17,18).